The molecule has 3 aromatic carbocycles. The first-order valence-electron chi connectivity index (χ1n) is 13.2. The van der Waals surface area contributed by atoms with Crippen LogP contribution in [0.3, 0.4) is 0 Å². The Kier molecular flexibility index (Phi) is 11.5. The number of halogens is 3. The lowest BCUT2D eigenvalue weighted by molar-refractivity contribution is -0.139. The van der Waals surface area contributed by atoms with Crippen molar-refractivity contribution in [2.45, 2.75) is 58.0 Å². The Morgan fingerprint density at radius 3 is 2.20 bits per heavy atom. The molecule has 0 aliphatic carbocycles. The number of aryl methyl sites for hydroxylation is 2. The van der Waals surface area contributed by atoms with E-state index in [2.05, 4.69) is 5.32 Å². The van der Waals surface area contributed by atoms with E-state index in [1.54, 1.807) is 43.3 Å². The summed E-state index contributed by atoms with van der Waals surface area (Å²) in [4.78, 5) is 28.4. The molecule has 0 fully saturated rings. The van der Waals surface area contributed by atoms with Gasteiger partial charge in [-0.1, -0.05) is 60.3 Å². The highest BCUT2D eigenvalue weighted by Gasteiger charge is 2.32. The van der Waals surface area contributed by atoms with Gasteiger partial charge in [-0.15, -0.1) is 0 Å². The smallest absolute Gasteiger partial charge is 0.264 e. The van der Waals surface area contributed by atoms with Crippen molar-refractivity contribution >= 4 is 62.3 Å². The van der Waals surface area contributed by atoms with Gasteiger partial charge in [0.1, 0.15) is 12.6 Å². The number of benzene rings is 3. The number of amides is 2. The van der Waals surface area contributed by atoms with Gasteiger partial charge in [-0.3, -0.25) is 13.9 Å². The molecule has 3 rings (SSSR count). The summed E-state index contributed by atoms with van der Waals surface area (Å²) in [5, 5.41) is 3.90. The lowest BCUT2D eigenvalue weighted by Crippen LogP contribution is -2.51. The van der Waals surface area contributed by atoms with Gasteiger partial charge in [0.25, 0.3) is 10.0 Å². The summed E-state index contributed by atoms with van der Waals surface area (Å²) < 4.78 is 28.9. The number of hydrogen-bond acceptors (Lipinski definition) is 4. The maximum Gasteiger partial charge on any atom is 0.264 e. The van der Waals surface area contributed by atoms with Crippen LogP contribution in [-0.4, -0.2) is 44.3 Å². The number of anilines is 1. The molecule has 0 spiro atoms. The van der Waals surface area contributed by atoms with Crippen molar-refractivity contribution in [1.82, 2.24) is 10.2 Å². The lowest BCUT2D eigenvalue weighted by Gasteiger charge is -2.32. The Morgan fingerprint density at radius 2 is 1.59 bits per heavy atom. The standard InChI is InChI=1S/C30H34Cl3N3O4S/c1-5-6-15-34-30(38)22(4)35(18-23-8-14-27(32)28(33)17-23)29(37)19-36(25-11-7-20(2)21(3)16-25)41(39,40)26-12-9-24(31)10-13-26/h7-14,16-17,22H,5-6,15,18-19H2,1-4H3,(H,34,38). The SMILES string of the molecule is CCCCNC(=O)C(C)N(Cc1ccc(Cl)c(Cl)c1)C(=O)CN(c1ccc(C)c(C)c1)S(=O)(=O)c1ccc(Cl)cc1. The van der Waals surface area contributed by atoms with Crippen LogP contribution in [0.4, 0.5) is 5.69 Å². The molecule has 0 aliphatic rings. The minimum atomic E-state index is -4.19. The van der Waals surface area contributed by atoms with Crippen molar-refractivity contribution in [3.05, 3.63) is 92.4 Å². The predicted octanol–water partition coefficient (Wildman–Crippen LogP) is 6.79. The van der Waals surface area contributed by atoms with E-state index in [1.165, 1.54) is 29.2 Å². The van der Waals surface area contributed by atoms with Crippen molar-refractivity contribution < 1.29 is 18.0 Å². The molecule has 41 heavy (non-hydrogen) atoms. The first-order valence-corrected chi connectivity index (χ1v) is 15.8. The highest BCUT2D eigenvalue weighted by molar-refractivity contribution is 7.92. The Morgan fingerprint density at radius 1 is 0.902 bits per heavy atom. The second kappa shape index (κ2) is 14.4. The molecule has 1 atom stereocenters. The molecule has 0 aliphatic heterocycles. The van der Waals surface area contributed by atoms with E-state index in [4.69, 9.17) is 34.8 Å². The second-order valence-electron chi connectivity index (χ2n) is 9.82. The number of hydrogen-bond donors (Lipinski definition) is 1. The molecule has 2 amide bonds. The van der Waals surface area contributed by atoms with Crippen molar-refractivity contribution in [3.63, 3.8) is 0 Å². The molecule has 3 aromatic rings. The molecule has 0 aromatic heterocycles. The van der Waals surface area contributed by atoms with Crippen LogP contribution >= 0.6 is 34.8 Å². The maximum absolute atomic E-state index is 14.0. The number of sulfonamides is 1. The van der Waals surface area contributed by atoms with E-state index >= 15 is 0 Å². The summed E-state index contributed by atoms with van der Waals surface area (Å²) >= 11 is 18.3. The van der Waals surface area contributed by atoms with Crippen molar-refractivity contribution in [3.8, 4) is 0 Å². The van der Waals surface area contributed by atoms with E-state index in [-0.39, 0.29) is 17.3 Å². The van der Waals surface area contributed by atoms with Crippen LogP contribution < -0.4 is 9.62 Å². The number of nitrogens with one attached hydrogen (secondary N) is 1. The van der Waals surface area contributed by atoms with Crippen LogP contribution in [0, 0.1) is 13.8 Å². The molecule has 0 saturated carbocycles. The van der Waals surface area contributed by atoms with Gasteiger partial charge in [0.05, 0.1) is 20.6 Å². The summed E-state index contributed by atoms with van der Waals surface area (Å²) in [5.74, 6) is -0.907. The zero-order chi connectivity index (χ0) is 30.3. The minimum absolute atomic E-state index is 0.0137. The van der Waals surface area contributed by atoms with Gasteiger partial charge in [0, 0.05) is 18.1 Å². The molecule has 7 nitrogen and oxygen atoms in total. The Hall–Kier alpha value is -2.78. The molecular weight excluding hydrogens is 605 g/mol. The van der Waals surface area contributed by atoms with Crippen LogP contribution in [0.1, 0.15) is 43.4 Å². The van der Waals surface area contributed by atoms with E-state index in [1.807, 2.05) is 20.8 Å². The fourth-order valence-electron chi connectivity index (χ4n) is 4.10. The van der Waals surface area contributed by atoms with Gasteiger partial charge < -0.3 is 10.2 Å². The minimum Gasteiger partial charge on any atom is -0.354 e. The Labute approximate surface area is 257 Å². The van der Waals surface area contributed by atoms with Crippen molar-refractivity contribution in [1.29, 1.82) is 0 Å². The average molecular weight is 639 g/mol. The van der Waals surface area contributed by atoms with Gasteiger partial charge in [0.15, 0.2) is 0 Å². The number of unbranched alkanes of at least 4 members (excludes halogenated alkanes) is 1. The quantitative estimate of drug-likeness (QED) is 0.221. The predicted molar refractivity (Wildman–Crippen MR) is 166 cm³/mol. The fourth-order valence-corrected chi connectivity index (χ4v) is 5.95. The Balaban J connectivity index is 2.04. The molecule has 1 unspecified atom stereocenters. The summed E-state index contributed by atoms with van der Waals surface area (Å²) in [6, 6.07) is 15.0. The molecule has 11 heteroatoms. The van der Waals surface area contributed by atoms with E-state index in [9.17, 15) is 18.0 Å². The molecule has 0 heterocycles. The zero-order valence-corrected chi connectivity index (χ0v) is 26.5. The van der Waals surface area contributed by atoms with E-state index < -0.39 is 28.5 Å². The topological polar surface area (TPSA) is 86.8 Å². The molecule has 0 saturated heterocycles. The monoisotopic (exact) mass is 637 g/mol. The molecular formula is C30H34Cl3N3O4S. The van der Waals surface area contributed by atoms with Crippen molar-refractivity contribution in [2.24, 2.45) is 0 Å². The largest absolute Gasteiger partial charge is 0.354 e. The normalized spacial score (nSPS) is 12.1. The third kappa shape index (κ3) is 8.38. The molecule has 1 N–H and O–H groups in total. The average Bonchev–Trinajstić information content (AvgIpc) is 2.93. The first kappa shape index (κ1) is 32.7. The molecule has 220 valence electrons. The molecule has 0 bridgehead atoms. The lowest BCUT2D eigenvalue weighted by atomic mass is 10.1. The van der Waals surface area contributed by atoms with Crippen LogP contribution in [0.15, 0.2) is 65.6 Å². The van der Waals surface area contributed by atoms with Gasteiger partial charge in [-0.25, -0.2) is 8.42 Å². The zero-order valence-electron chi connectivity index (χ0n) is 23.5. The number of nitrogens with zero attached hydrogens (tertiary/aromatic N) is 2. The van der Waals surface area contributed by atoms with Gasteiger partial charge in [-0.05, 0) is 92.4 Å². The summed E-state index contributed by atoms with van der Waals surface area (Å²) in [6.45, 7) is 7.35. The van der Waals surface area contributed by atoms with E-state index in [0.29, 0.717) is 32.9 Å². The van der Waals surface area contributed by atoms with Crippen LogP contribution in [0.2, 0.25) is 15.1 Å². The van der Waals surface area contributed by atoms with Gasteiger partial charge in [-0.2, -0.15) is 0 Å². The third-order valence-corrected chi connectivity index (χ3v) is 9.57. The molecule has 0 radical (unpaired) electrons. The summed E-state index contributed by atoms with van der Waals surface area (Å²) in [5.41, 5.74) is 2.80. The highest BCUT2D eigenvalue weighted by Crippen LogP contribution is 2.28. The second-order valence-corrected chi connectivity index (χ2v) is 12.9. The fraction of sp³-hybridized carbons (Fsp3) is 0.333. The maximum atomic E-state index is 14.0. The van der Waals surface area contributed by atoms with E-state index in [0.717, 1.165) is 28.3 Å². The van der Waals surface area contributed by atoms with Crippen molar-refractivity contribution in [2.75, 3.05) is 17.4 Å². The third-order valence-electron chi connectivity index (χ3n) is 6.79. The van der Waals surface area contributed by atoms with Gasteiger partial charge in [0.2, 0.25) is 11.8 Å². The van der Waals surface area contributed by atoms with Crippen LogP contribution in [-0.2, 0) is 26.2 Å². The number of carbonyl (C=O) groups is 2. The Bertz CT molecular complexity index is 1500. The summed E-state index contributed by atoms with van der Waals surface area (Å²) in [6.07, 6.45) is 1.69. The number of rotatable bonds is 12. The summed E-state index contributed by atoms with van der Waals surface area (Å²) in [7, 11) is -4.19. The first-order chi connectivity index (χ1) is 19.3. The van der Waals surface area contributed by atoms with Crippen LogP contribution in [0.5, 0.6) is 0 Å². The highest BCUT2D eigenvalue weighted by atomic mass is 35.5. The van der Waals surface area contributed by atoms with Crippen LogP contribution in [0.25, 0.3) is 0 Å². The number of carbonyl (C=O) groups excluding carboxylic acids is 2. The van der Waals surface area contributed by atoms with Gasteiger partial charge >= 0.3 is 0 Å².